The molecule has 0 spiro atoms. The minimum Gasteiger partial charge on any atom is -0.338 e. The van der Waals surface area contributed by atoms with Crippen LogP contribution in [0.2, 0.25) is 0 Å². The van der Waals surface area contributed by atoms with Crippen LogP contribution in [0.25, 0.3) is 0 Å². The Labute approximate surface area is 118 Å². The predicted octanol–water partition coefficient (Wildman–Crippen LogP) is 3.18. The fraction of sp³-hybridized carbons (Fsp3) is 0.250. The third-order valence-electron chi connectivity index (χ3n) is 2.21. The molecule has 0 aliphatic heterocycles. The highest BCUT2D eigenvalue weighted by Crippen LogP contribution is 2.19. The number of halogens is 1. The lowest BCUT2D eigenvalue weighted by Gasteiger charge is -1.99. The third-order valence-corrected chi connectivity index (χ3v) is 3.77. The molecule has 0 aliphatic rings. The molecule has 2 rings (SSSR count). The summed E-state index contributed by atoms with van der Waals surface area (Å²) in [4.78, 5) is 4.29. The lowest BCUT2D eigenvalue weighted by Crippen LogP contribution is -1.92. The summed E-state index contributed by atoms with van der Waals surface area (Å²) in [7, 11) is 0. The highest BCUT2D eigenvalue weighted by molar-refractivity contribution is 9.10. The molecule has 4 nitrogen and oxygen atoms in total. The van der Waals surface area contributed by atoms with Gasteiger partial charge in [-0.2, -0.15) is 10.2 Å². The summed E-state index contributed by atoms with van der Waals surface area (Å²) in [5.41, 5.74) is 1.12. The monoisotopic (exact) mass is 323 g/mol. The number of aromatic nitrogens is 2. The van der Waals surface area contributed by atoms with Crippen molar-refractivity contribution >= 4 is 27.7 Å². The Morgan fingerprint density at radius 1 is 1.39 bits per heavy atom. The third kappa shape index (κ3) is 3.59. The van der Waals surface area contributed by atoms with Gasteiger partial charge in [0.05, 0.1) is 17.6 Å². The van der Waals surface area contributed by atoms with Crippen molar-refractivity contribution in [3.8, 4) is 6.07 Å². The SMILES string of the molecule is N#CCSCc1nc(Cc2ccccc2Br)no1. The summed E-state index contributed by atoms with van der Waals surface area (Å²) in [5, 5.41) is 12.4. The van der Waals surface area contributed by atoms with Gasteiger partial charge in [-0.25, -0.2) is 0 Å². The van der Waals surface area contributed by atoms with Crippen molar-refractivity contribution in [2.45, 2.75) is 12.2 Å². The molecule has 0 bridgehead atoms. The average Bonchev–Trinajstić information content (AvgIpc) is 2.80. The zero-order valence-electron chi connectivity index (χ0n) is 9.47. The molecule has 0 N–H and O–H groups in total. The number of rotatable bonds is 5. The number of nitrogens with zero attached hydrogens (tertiary/aromatic N) is 3. The molecule has 1 aromatic heterocycles. The number of nitriles is 1. The predicted molar refractivity (Wildman–Crippen MR) is 73.0 cm³/mol. The van der Waals surface area contributed by atoms with E-state index < -0.39 is 0 Å². The largest absolute Gasteiger partial charge is 0.338 e. The van der Waals surface area contributed by atoms with E-state index in [2.05, 4.69) is 32.1 Å². The summed E-state index contributed by atoms with van der Waals surface area (Å²) in [5.74, 6) is 2.24. The second-order valence-electron chi connectivity index (χ2n) is 3.52. The lowest BCUT2D eigenvalue weighted by atomic mass is 10.1. The van der Waals surface area contributed by atoms with Crippen LogP contribution in [0.15, 0.2) is 33.3 Å². The Hall–Kier alpha value is -1.32. The number of thioether (sulfide) groups is 1. The van der Waals surface area contributed by atoms with Gasteiger partial charge < -0.3 is 4.52 Å². The van der Waals surface area contributed by atoms with Gasteiger partial charge in [0.25, 0.3) is 0 Å². The van der Waals surface area contributed by atoms with Crippen molar-refractivity contribution in [1.82, 2.24) is 10.1 Å². The molecule has 0 saturated heterocycles. The molecule has 2 aromatic rings. The van der Waals surface area contributed by atoms with Crippen LogP contribution < -0.4 is 0 Å². The summed E-state index contributed by atoms with van der Waals surface area (Å²) in [6.07, 6.45) is 0.633. The smallest absolute Gasteiger partial charge is 0.236 e. The van der Waals surface area contributed by atoms with Crippen molar-refractivity contribution in [3.63, 3.8) is 0 Å². The van der Waals surface area contributed by atoms with E-state index in [4.69, 9.17) is 9.78 Å². The summed E-state index contributed by atoms with van der Waals surface area (Å²) < 4.78 is 6.15. The maximum atomic E-state index is 8.43. The first-order valence-electron chi connectivity index (χ1n) is 5.29. The average molecular weight is 324 g/mol. The Balaban J connectivity index is 1.99. The molecule has 0 fully saturated rings. The fourth-order valence-electron chi connectivity index (χ4n) is 1.42. The Bertz CT molecular complexity index is 564. The molecule has 18 heavy (non-hydrogen) atoms. The van der Waals surface area contributed by atoms with E-state index >= 15 is 0 Å². The van der Waals surface area contributed by atoms with Crippen molar-refractivity contribution < 1.29 is 4.52 Å². The van der Waals surface area contributed by atoms with E-state index in [1.807, 2.05) is 24.3 Å². The summed E-state index contributed by atoms with van der Waals surface area (Å²) in [6.45, 7) is 0. The molecular weight excluding hydrogens is 314 g/mol. The van der Waals surface area contributed by atoms with Crippen LogP contribution in [-0.4, -0.2) is 15.9 Å². The molecule has 0 radical (unpaired) electrons. The Morgan fingerprint density at radius 3 is 3.00 bits per heavy atom. The highest BCUT2D eigenvalue weighted by atomic mass is 79.9. The topological polar surface area (TPSA) is 62.7 Å². The fourth-order valence-corrected chi connectivity index (χ4v) is 2.33. The van der Waals surface area contributed by atoms with Gasteiger partial charge in [-0.05, 0) is 11.6 Å². The van der Waals surface area contributed by atoms with Gasteiger partial charge in [0.2, 0.25) is 5.89 Å². The lowest BCUT2D eigenvalue weighted by molar-refractivity contribution is 0.386. The van der Waals surface area contributed by atoms with Crippen LogP contribution in [0, 0.1) is 11.3 Å². The molecular formula is C12H10BrN3OS. The molecule has 0 amide bonds. The van der Waals surface area contributed by atoms with E-state index in [9.17, 15) is 0 Å². The van der Waals surface area contributed by atoms with Crippen LogP contribution in [0.1, 0.15) is 17.3 Å². The van der Waals surface area contributed by atoms with E-state index in [1.54, 1.807) is 0 Å². The van der Waals surface area contributed by atoms with Crippen molar-refractivity contribution in [1.29, 1.82) is 5.26 Å². The second-order valence-corrected chi connectivity index (χ2v) is 5.36. The van der Waals surface area contributed by atoms with E-state index in [1.165, 1.54) is 11.8 Å². The van der Waals surface area contributed by atoms with Crippen LogP contribution >= 0.6 is 27.7 Å². The molecule has 92 valence electrons. The zero-order valence-corrected chi connectivity index (χ0v) is 11.9. The quantitative estimate of drug-likeness (QED) is 0.791. The highest BCUT2D eigenvalue weighted by Gasteiger charge is 2.08. The van der Waals surface area contributed by atoms with Crippen LogP contribution in [-0.2, 0) is 12.2 Å². The first-order valence-corrected chi connectivity index (χ1v) is 7.24. The standard InChI is InChI=1S/C12H10BrN3OS/c13-10-4-2-1-3-9(10)7-11-15-12(17-16-11)8-18-6-5-14/h1-4H,6-8H2. The van der Waals surface area contributed by atoms with Crippen LogP contribution in [0.3, 0.4) is 0 Å². The molecule has 1 aromatic carbocycles. The maximum absolute atomic E-state index is 8.43. The van der Waals surface area contributed by atoms with Gasteiger partial charge in [0.15, 0.2) is 5.82 Å². The second kappa shape index (κ2) is 6.57. The molecule has 6 heteroatoms. The number of benzene rings is 1. The zero-order chi connectivity index (χ0) is 12.8. The molecule has 0 atom stereocenters. The first kappa shape index (κ1) is 13.1. The van der Waals surface area contributed by atoms with Gasteiger partial charge in [0.1, 0.15) is 0 Å². The van der Waals surface area contributed by atoms with E-state index in [-0.39, 0.29) is 0 Å². The number of hydrogen-bond donors (Lipinski definition) is 0. The van der Waals surface area contributed by atoms with Crippen LogP contribution in [0.5, 0.6) is 0 Å². The van der Waals surface area contributed by atoms with Gasteiger partial charge in [0, 0.05) is 10.9 Å². The molecule has 0 aliphatic carbocycles. The van der Waals surface area contributed by atoms with Gasteiger partial charge in [-0.3, -0.25) is 0 Å². The Morgan fingerprint density at radius 2 is 2.22 bits per heavy atom. The van der Waals surface area contributed by atoms with Gasteiger partial charge in [-0.1, -0.05) is 39.3 Å². The molecule has 0 saturated carbocycles. The van der Waals surface area contributed by atoms with Crippen LogP contribution in [0.4, 0.5) is 0 Å². The van der Waals surface area contributed by atoms with Crippen molar-refractivity contribution in [3.05, 3.63) is 46.0 Å². The minimum absolute atomic E-state index is 0.432. The number of hydrogen-bond acceptors (Lipinski definition) is 5. The summed E-state index contributed by atoms with van der Waals surface area (Å²) >= 11 is 4.95. The minimum atomic E-state index is 0.432. The van der Waals surface area contributed by atoms with Gasteiger partial charge in [-0.15, -0.1) is 11.8 Å². The van der Waals surface area contributed by atoms with E-state index in [0.29, 0.717) is 29.6 Å². The normalized spacial score (nSPS) is 10.2. The summed E-state index contributed by atoms with van der Waals surface area (Å²) in [6, 6.07) is 10.0. The van der Waals surface area contributed by atoms with E-state index in [0.717, 1.165) is 10.0 Å². The van der Waals surface area contributed by atoms with Crippen molar-refractivity contribution in [2.24, 2.45) is 0 Å². The first-order chi connectivity index (χ1) is 8.79. The molecule has 0 unspecified atom stereocenters. The van der Waals surface area contributed by atoms with Crippen molar-refractivity contribution in [2.75, 3.05) is 5.75 Å². The maximum Gasteiger partial charge on any atom is 0.236 e. The molecule has 1 heterocycles. The van der Waals surface area contributed by atoms with Gasteiger partial charge >= 0.3 is 0 Å². The Kier molecular flexibility index (Phi) is 4.79.